The topological polar surface area (TPSA) is 26.0 Å². The Balaban J connectivity index is 1.86. The van der Waals surface area contributed by atoms with E-state index in [1.807, 2.05) is 0 Å². The molecule has 90 valence electrons. The van der Waals surface area contributed by atoms with Crippen molar-refractivity contribution in [1.29, 1.82) is 0 Å². The smallest absolute Gasteiger partial charge is 0.0472 e. The molecule has 4 aliphatic carbocycles. The first-order chi connectivity index (χ1) is 7.38. The van der Waals surface area contributed by atoms with Crippen LogP contribution in [0.1, 0.15) is 52.4 Å². The first-order valence-electron chi connectivity index (χ1n) is 6.49. The monoisotopic (exact) mass is 239 g/mol. The summed E-state index contributed by atoms with van der Waals surface area (Å²) in [7, 11) is 0. The molecule has 0 aromatic heterocycles. The highest BCUT2D eigenvalue weighted by Gasteiger charge is 2.68. The van der Waals surface area contributed by atoms with E-state index >= 15 is 0 Å². The van der Waals surface area contributed by atoms with Gasteiger partial charge in [0.1, 0.15) is 0 Å². The number of nitrogens with two attached hydrogens (primary N) is 1. The number of alkyl halides is 1. The summed E-state index contributed by atoms with van der Waals surface area (Å²) in [5.41, 5.74) is 10.2. The lowest BCUT2D eigenvalue weighted by molar-refractivity contribution is -0.0506. The molecule has 0 heterocycles. The molecule has 0 aliphatic heterocycles. The zero-order valence-electron chi connectivity index (χ0n) is 10.4. The van der Waals surface area contributed by atoms with Gasteiger partial charge in [-0.1, -0.05) is 25.0 Å². The molecule has 0 unspecified atom stereocenters. The molecule has 3 saturated carbocycles. The highest BCUT2D eigenvalue weighted by atomic mass is 35.5. The van der Waals surface area contributed by atoms with Crippen LogP contribution in [0.3, 0.4) is 0 Å². The van der Waals surface area contributed by atoms with Gasteiger partial charge >= 0.3 is 0 Å². The largest absolute Gasteiger partial charge is 0.327 e. The number of hydrogen-bond acceptors (Lipinski definition) is 1. The van der Waals surface area contributed by atoms with E-state index in [-0.39, 0.29) is 4.87 Å². The summed E-state index contributed by atoms with van der Waals surface area (Å²) >= 11 is 6.37. The molecule has 4 aliphatic rings. The van der Waals surface area contributed by atoms with Crippen molar-refractivity contribution in [2.75, 3.05) is 6.54 Å². The molecule has 0 radical (unpaired) electrons. The average Bonchev–Trinajstić information content (AvgIpc) is 2.10. The van der Waals surface area contributed by atoms with Crippen molar-refractivity contribution < 1.29 is 0 Å². The molecule has 2 N–H and O–H groups in total. The van der Waals surface area contributed by atoms with E-state index in [1.54, 1.807) is 11.1 Å². The van der Waals surface area contributed by atoms with Crippen LogP contribution in [0.15, 0.2) is 11.1 Å². The summed E-state index contributed by atoms with van der Waals surface area (Å²) < 4.78 is 0. The van der Waals surface area contributed by atoms with Gasteiger partial charge in [-0.25, -0.2) is 0 Å². The number of allylic oxidation sites excluding steroid dienone is 1. The Kier molecular flexibility index (Phi) is 2.12. The third-order valence-corrected chi connectivity index (χ3v) is 5.42. The molecule has 2 heteroatoms. The minimum atomic E-state index is 0.194. The minimum absolute atomic E-state index is 0.194. The van der Waals surface area contributed by atoms with Crippen LogP contribution in [0.2, 0.25) is 0 Å². The lowest BCUT2D eigenvalue weighted by Crippen LogP contribution is -2.64. The molecule has 0 atom stereocenters. The number of halogens is 1. The summed E-state index contributed by atoms with van der Waals surface area (Å²) in [6.45, 7) is 5.49. The molecule has 0 amide bonds. The molecule has 0 aromatic rings. The third kappa shape index (κ3) is 1.41. The van der Waals surface area contributed by atoms with Gasteiger partial charge < -0.3 is 5.73 Å². The van der Waals surface area contributed by atoms with E-state index in [1.165, 1.54) is 38.5 Å². The van der Waals surface area contributed by atoms with Crippen LogP contribution in [-0.2, 0) is 0 Å². The third-order valence-electron chi connectivity index (χ3n) is 5.02. The first-order valence-corrected chi connectivity index (χ1v) is 6.86. The Morgan fingerprint density at radius 1 is 1.25 bits per heavy atom. The fraction of sp³-hybridized carbons (Fsp3) is 0.857. The summed E-state index contributed by atoms with van der Waals surface area (Å²) in [4.78, 5) is 0.194. The second kappa shape index (κ2) is 3.05. The van der Waals surface area contributed by atoms with Gasteiger partial charge in [-0.3, -0.25) is 0 Å². The summed E-state index contributed by atoms with van der Waals surface area (Å²) in [6.07, 6.45) is 7.47. The van der Waals surface area contributed by atoms with Crippen LogP contribution in [-0.4, -0.2) is 11.4 Å². The van der Waals surface area contributed by atoms with E-state index < -0.39 is 0 Å². The molecule has 0 aromatic carbocycles. The Hall–Kier alpha value is -0.0100. The Bertz CT molecular complexity index is 347. The van der Waals surface area contributed by atoms with E-state index in [9.17, 15) is 0 Å². The van der Waals surface area contributed by atoms with Gasteiger partial charge in [0.25, 0.3) is 0 Å². The van der Waals surface area contributed by atoms with E-state index in [4.69, 9.17) is 17.3 Å². The maximum absolute atomic E-state index is 6.37. The van der Waals surface area contributed by atoms with Crippen molar-refractivity contribution in [3.8, 4) is 0 Å². The molecule has 1 nitrogen and oxygen atoms in total. The van der Waals surface area contributed by atoms with Gasteiger partial charge in [-0.2, -0.15) is 0 Å². The maximum Gasteiger partial charge on any atom is 0.0472 e. The van der Waals surface area contributed by atoms with Crippen molar-refractivity contribution in [1.82, 2.24) is 0 Å². The Labute approximate surface area is 103 Å². The molecule has 3 fully saturated rings. The van der Waals surface area contributed by atoms with Crippen LogP contribution >= 0.6 is 11.6 Å². The molecule has 4 rings (SSSR count). The Morgan fingerprint density at radius 2 is 1.88 bits per heavy atom. The standard InChI is InChI=1S/C14H22ClN/c1-12(2)4-3-11(10(5-12)6-16)13-7-14(15,8-13)9-13/h3-9,16H2,1-2H3. The normalized spacial score (nSPS) is 45.0. The fourth-order valence-corrected chi connectivity index (χ4v) is 5.00. The van der Waals surface area contributed by atoms with Gasteiger partial charge in [-0.15, -0.1) is 11.6 Å². The summed E-state index contributed by atoms with van der Waals surface area (Å²) in [5, 5.41) is 0. The van der Waals surface area contributed by atoms with Crippen LogP contribution < -0.4 is 5.73 Å². The number of hydrogen-bond donors (Lipinski definition) is 1. The number of rotatable bonds is 2. The summed E-state index contributed by atoms with van der Waals surface area (Å²) in [5.74, 6) is 0. The molecule has 2 bridgehead atoms. The van der Waals surface area contributed by atoms with Crippen molar-refractivity contribution in [2.24, 2.45) is 16.6 Å². The molecular formula is C14H22ClN. The highest BCUT2D eigenvalue weighted by Crippen LogP contribution is 2.75. The predicted octanol–water partition coefficient (Wildman–Crippen LogP) is 3.61. The quantitative estimate of drug-likeness (QED) is 0.578. The van der Waals surface area contributed by atoms with E-state index in [0.29, 0.717) is 10.8 Å². The van der Waals surface area contributed by atoms with Crippen molar-refractivity contribution in [3.63, 3.8) is 0 Å². The summed E-state index contributed by atoms with van der Waals surface area (Å²) in [6, 6.07) is 0. The molecule has 0 saturated heterocycles. The first kappa shape index (κ1) is 11.1. The maximum atomic E-state index is 6.37. The van der Waals surface area contributed by atoms with Gasteiger partial charge in [0, 0.05) is 11.4 Å². The van der Waals surface area contributed by atoms with Crippen molar-refractivity contribution >= 4 is 11.6 Å². The van der Waals surface area contributed by atoms with Crippen LogP contribution in [0.5, 0.6) is 0 Å². The predicted molar refractivity (Wildman–Crippen MR) is 68.6 cm³/mol. The van der Waals surface area contributed by atoms with Gasteiger partial charge in [0.2, 0.25) is 0 Å². The van der Waals surface area contributed by atoms with Crippen LogP contribution in [0, 0.1) is 10.8 Å². The van der Waals surface area contributed by atoms with Crippen LogP contribution in [0.4, 0.5) is 0 Å². The van der Waals surface area contributed by atoms with Gasteiger partial charge in [-0.05, 0) is 49.4 Å². The molecule has 16 heavy (non-hydrogen) atoms. The SMILES string of the molecule is CC1(C)CCC(C23CC(Cl)(C2)C3)=C(CN)C1. The zero-order valence-corrected chi connectivity index (χ0v) is 11.2. The lowest BCUT2D eigenvalue weighted by Gasteiger charge is -2.69. The lowest BCUT2D eigenvalue weighted by atomic mass is 9.39. The highest BCUT2D eigenvalue weighted by molar-refractivity contribution is 6.26. The Morgan fingerprint density at radius 3 is 2.38 bits per heavy atom. The zero-order chi connectivity index (χ0) is 11.6. The van der Waals surface area contributed by atoms with Crippen molar-refractivity contribution in [2.45, 2.75) is 57.2 Å². The van der Waals surface area contributed by atoms with Crippen LogP contribution in [0.25, 0.3) is 0 Å². The van der Waals surface area contributed by atoms with E-state index in [0.717, 1.165) is 6.54 Å². The second-order valence-corrected chi connectivity index (χ2v) is 7.89. The minimum Gasteiger partial charge on any atom is -0.327 e. The molecular weight excluding hydrogens is 218 g/mol. The van der Waals surface area contributed by atoms with Crippen molar-refractivity contribution in [3.05, 3.63) is 11.1 Å². The average molecular weight is 240 g/mol. The second-order valence-electron chi connectivity index (χ2n) is 7.09. The van der Waals surface area contributed by atoms with Gasteiger partial charge in [0.15, 0.2) is 0 Å². The van der Waals surface area contributed by atoms with Gasteiger partial charge in [0.05, 0.1) is 0 Å². The van der Waals surface area contributed by atoms with E-state index in [2.05, 4.69) is 13.8 Å². The fourth-order valence-electron chi connectivity index (χ4n) is 4.23. The molecule has 0 spiro atoms.